The number of thiazole rings is 1. The SMILES string of the molecule is COc1cc(Br)cc(NC(C)c2cscn2)c1. The molecule has 90 valence electrons. The lowest BCUT2D eigenvalue weighted by Crippen LogP contribution is -2.06. The molecule has 1 aromatic carbocycles. The first-order valence-corrected chi connectivity index (χ1v) is 6.92. The second-order valence-electron chi connectivity index (χ2n) is 3.66. The zero-order valence-corrected chi connectivity index (χ0v) is 12.0. The normalized spacial score (nSPS) is 12.2. The van der Waals surface area contributed by atoms with Gasteiger partial charge in [-0.15, -0.1) is 11.3 Å². The Kier molecular flexibility index (Phi) is 4.02. The smallest absolute Gasteiger partial charge is 0.122 e. The Morgan fingerprint density at radius 1 is 1.41 bits per heavy atom. The van der Waals surface area contributed by atoms with Crippen molar-refractivity contribution in [1.29, 1.82) is 0 Å². The van der Waals surface area contributed by atoms with Gasteiger partial charge in [0, 0.05) is 21.6 Å². The number of aromatic nitrogens is 1. The number of nitrogens with one attached hydrogen (secondary N) is 1. The number of halogens is 1. The predicted molar refractivity (Wildman–Crippen MR) is 74.8 cm³/mol. The Labute approximate surface area is 113 Å². The molecule has 2 aromatic rings. The first kappa shape index (κ1) is 12.4. The van der Waals surface area contributed by atoms with Gasteiger partial charge in [-0.3, -0.25) is 0 Å². The third kappa shape index (κ3) is 3.20. The molecule has 1 heterocycles. The molecule has 0 saturated carbocycles. The minimum Gasteiger partial charge on any atom is -0.497 e. The minimum absolute atomic E-state index is 0.181. The van der Waals surface area contributed by atoms with Crippen LogP contribution in [0.15, 0.2) is 33.6 Å². The predicted octanol–water partition coefficient (Wildman–Crippen LogP) is 4.09. The fraction of sp³-hybridized carbons (Fsp3) is 0.250. The number of nitrogens with zero attached hydrogens (tertiary/aromatic N) is 1. The number of rotatable bonds is 4. The van der Waals surface area contributed by atoms with Gasteiger partial charge in [0.25, 0.3) is 0 Å². The van der Waals surface area contributed by atoms with Crippen LogP contribution in [0, 0.1) is 0 Å². The van der Waals surface area contributed by atoms with Gasteiger partial charge in [-0.2, -0.15) is 0 Å². The molecule has 0 spiro atoms. The third-order valence-corrected chi connectivity index (χ3v) is 3.45. The van der Waals surface area contributed by atoms with Crippen molar-refractivity contribution in [2.75, 3.05) is 12.4 Å². The molecule has 3 nitrogen and oxygen atoms in total. The van der Waals surface area contributed by atoms with Crippen molar-refractivity contribution in [1.82, 2.24) is 4.98 Å². The van der Waals surface area contributed by atoms with Gasteiger partial charge in [0.15, 0.2) is 0 Å². The van der Waals surface area contributed by atoms with E-state index >= 15 is 0 Å². The lowest BCUT2D eigenvalue weighted by molar-refractivity contribution is 0.414. The molecule has 17 heavy (non-hydrogen) atoms. The number of benzene rings is 1. The number of ether oxygens (including phenoxy) is 1. The summed E-state index contributed by atoms with van der Waals surface area (Å²) >= 11 is 5.06. The van der Waals surface area contributed by atoms with Crippen molar-refractivity contribution in [2.24, 2.45) is 0 Å². The highest BCUT2D eigenvalue weighted by molar-refractivity contribution is 9.10. The van der Waals surface area contributed by atoms with E-state index in [9.17, 15) is 0 Å². The lowest BCUT2D eigenvalue weighted by Gasteiger charge is -2.14. The van der Waals surface area contributed by atoms with Crippen molar-refractivity contribution >= 4 is 33.0 Å². The lowest BCUT2D eigenvalue weighted by atomic mass is 10.2. The molecule has 0 aliphatic heterocycles. The van der Waals surface area contributed by atoms with Crippen molar-refractivity contribution in [3.05, 3.63) is 39.3 Å². The van der Waals surface area contributed by atoms with Crippen LogP contribution in [0.4, 0.5) is 5.69 Å². The van der Waals surface area contributed by atoms with Crippen LogP contribution >= 0.6 is 27.3 Å². The first-order chi connectivity index (χ1) is 8.19. The molecule has 1 unspecified atom stereocenters. The Morgan fingerprint density at radius 2 is 2.24 bits per heavy atom. The Bertz CT molecular complexity index is 487. The van der Waals surface area contributed by atoms with Gasteiger partial charge in [0.2, 0.25) is 0 Å². The molecule has 0 amide bonds. The van der Waals surface area contributed by atoms with Crippen LogP contribution in [0.2, 0.25) is 0 Å². The number of hydrogen-bond donors (Lipinski definition) is 1. The van der Waals surface area contributed by atoms with E-state index in [1.807, 2.05) is 29.1 Å². The third-order valence-electron chi connectivity index (χ3n) is 2.39. The average Bonchev–Trinajstić information content (AvgIpc) is 2.81. The van der Waals surface area contributed by atoms with Crippen molar-refractivity contribution < 1.29 is 4.74 Å². The van der Waals surface area contributed by atoms with E-state index in [1.165, 1.54) is 0 Å². The number of anilines is 1. The van der Waals surface area contributed by atoms with E-state index in [0.717, 1.165) is 21.6 Å². The largest absolute Gasteiger partial charge is 0.497 e. The quantitative estimate of drug-likeness (QED) is 0.923. The summed E-state index contributed by atoms with van der Waals surface area (Å²) in [6.07, 6.45) is 0. The Balaban J connectivity index is 2.15. The van der Waals surface area contributed by atoms with Crippen LogP contribution in [-0.4, -0.2) is 12.1 Å². The van der Waals surface area contributed by atoms with Gasteiger partial charge in [0.05, 0.1) is 24.4 Å². The molecular formula is C12H13BrN2OS. The van der Waals surface area contributed by atoms with Crippen LogP contribution in [0.25, 0.3) is 0 Å². The van der Waals surface area contributed by atoms with Crippen molar-refractivity contribution in [3.63, 3.8) is 0 Å². The van der Waals surface area contributed by atoms with Gasteiger partial charge in [-0.05, 0) is 19.1 Å². The Morgan fingerprint density at radius 3 is 2.88 bits per heavy atom. The summed E-state index contributed by atoms with van der Waals surface area (Å²) in [5, 5.41) is 5.44. The van der Waals surface area contributed by atoms with Crippen LogP contribution in [0.3, 0.4) is 0 Å². The van der Waals surface area contributed by atoms with E-state index in [0.29, 0.717) is 0 Å². The molecule has 0 bridgehead atoms. The highest BCUT2D eigenvalue weighted by Crippen LogP contribution is 2.27. The molecule has 1 atom stereocenters. The summed E-state index contributed by atoms with van der Waals surface area (Å²) in [5.41, 5.74) is 3.90. The Hall–Kier alpha value is -1.07. The summed E-state index contributed by atoms with van der Waals surface area (Å²) in [5.74, 6) is 0.826. The molecule has 0 saturated heterocycles. The van der Waals surface area contributed by atoms with Gasteiger partial charge < -0.3 is 10.1 Å². The zero-order valence-electron chi connectivity index (χ0n) is 9.61. The van der Waals surface area contributed by atoms with Gasteiger partial charge >= 0.3 is 0 Å². The number of methoxy groups -OCH3 is 1. The van der Waals surface area contributed by atoms with Crippen molar-refractivity contribution in [3.8, 4) is 5.75 Å². The monoisotopic (exact) mass is 312 g/mol. The maximum absolute atomic E-state index is 5.22. The molecule has 0 radical (unpaired) electrons. The molecule has 1 N–H and O–H groups in total. The molecule has 0 aliphatic carbocycles. The summed E-state index contributed by atoms with van der Waals surface area (Å²) < 4.78 is 6.21. The van der Waals surface area contributed by atoms with Crippen LogP contribution in [-0.2, 0) is 0 Å². The maximum atomic E-state index is 5.22. The average molecular weight is 313 g/mol. The van der Waals surface area contributed by atoms with Crippen LogP contribution in [0.1, 0.15) is 18.7 Å². The van der Waals surface area contributed by atoms with E-state index in [4.69, 9.17) is 4.74 Å². The van der Waals surface area contributed by atoms with E-state index in [1.54, 1.807) is 18.4 Å². The van der Waals surface area contributed by atoms with E-state index < -0.39 is 0 Å². The summed E-state index contributed by atoms with van der Waals surface area (Å²) in [4.78, 5) is 4.29. The van der Waals surface area contributed by atoms with Gasteiger partial charge in [-0.1, -0.05) is 15.9 Å². The fourth-order valence-electron chi connectivity index (χ4n) is 1.52. The fourth-order valence-corrected chi connectivity index (χ4v) is 2.64. The van der Waals surface area contributed by atoms with Crippen molar-refractivity contribution in [2.45, 2.75) is 13.0 Å². The molecule has 0 fully saturated rings. The molecule has 2 rings (SSSR count). The summed E-state index contributed by atoms with van der Waals surface area (Å²) in [7, 11) is 1.66. The van der Waals surface area contributed by atoms with Gasteiger partial charge in [0.1, 0.15) is 5.75 Å². The second-order valence-corrected chi connectivity index (χ2v) is 5.29. The molecule has 1 aromatic heterocycles. The van der Waals surface area contributed by atoms with Crippen LogP contribution in [0.5, 0.6) is 5.75 Å². The molecule has 5 heteroatoms. The topological polar surface area (TPSA) is 34.1 Å². The zero-order chi connectivity index (χ0) is 12.3. The number of hydrogen-bond acceptors (Lipinski definition) is 4. The first-order valence-electron chi connectivity index (χ1n) is 5.18. The van der Waals surface area contributed by atoms with E-state index in [2.05, 4.69) is 33.2 Å². The molecule has 0 aliphatic rings. The molecular weight excluding hydrogens is 300 g/mol. The van der Waals surface area contributed by atoms with Crippen LogP contribution < -0.4 is 10.1 Å². The van der Waals surface area contributed by atoms with E-state index in [-0.39, 0.29) is 6.04 Å². The summed E-state index contributed by atoms with van der Waals surface area (Å²) in [6, 6.07) is 6.10. The standard InChI is InChI=1S/C12H13BrN2OS/c1-8(12-6-17-7-14-12)15-10-3-9(13)4-11(5-10)16-2/h3-8,15H,1-2H3. The highest BCUT2D eigenvalue weighted by atomic mass is 79.9. The summed E-state index contributed by atoms with van der Waals surface area (Å²) in [6.45, 7) is 2.09. The van der Waals surface area contributed by atoms with Gasteiger partial charge in [-0.25, -0.2) is 4.98 Å². The highest BCUT2D eigenvalue weighted by Gasteiger charge is 2.08. The second kappa shape index (κ2) is 5.51. The maximum Gasteiger partial charge on any atom is 0.122 e. The minimum atomic E-state index is 0.181.